The molecule has 18 heavy (non-hydrogen) atoms. The predicted molar refractivity (Wildman–Crippen MR) is 77.5 cm³/mol. The Balaban J connectivity index is 2.09. The summed E-state index contributed by atoms with van der Waals surface area (Å²) in [5.41, 5.74) is 9.16. The fourth-order valence-corrected chi connectivity index (χ4v) is 2.16. The van der Waals surface area contributed by atoms with Crippen LogP contribution in [0.15, 0.2) is 46.9 Å². The zero-order chi connectivity index (χ0) is 13.0. The lowest BCUT2D eigenvalue weighted by Crippen LogP contribution is -2.01. The molecule has 0 aromatic heterocycles. The van der Waals surface area contributed by atoms with Gasteiger partial charge in [0.1, 0.15) is 12.4 Å². The van der Waals surface area contributed by atoms with Crippen molar-refractivity contribution in [3.05, 3.63) is 63.6 Å². The van der Waals surface area contributed by atoms with Gasteiger partial charge in [-0.2, -0.15) is 0 Å². The molecule has 0 atom stereocenters. The molecule has 0 aliphatic heterocycles. The smallest absolute Gasteiger partial charge is 0.133 e. The van der Waals surface area contributed by atoms with Crippen molar-refractivity contribution in [2.45, 2.75) is 20.1 Å². The van der Waals surface area contributed by atoms with Gasteiger partial charge >= 0.3 is 0 Å². The van der Waals surface area contributed by atoms with Crippen LogP contribution in [-0.2, 0) is 13.2 Å². The van der Waals surface area contributed by atoms with Gasteiger partial charge in [0.2, 0.25) is 0 Å². The summed E-state index contributed by atoms with van der Waals surface area (Å²) in [5.74, 6) is 0.861. The van der Waals surface area contributed by atoms with Crippen molar-refractivity contribution in [1.82, 2.24) is 0 Å². The molecule has 0 unspecified atom stereocenters. The van der Waals surface area contributed by atoms with Gasteiger partial charge in [0.15, 0.2) is 0 Å². The van der Waals surface area contributed by atoms with E-state index >= 15 is 0 Å². The Labute approximate surface area is 116 Å². The van der Waals surface area contributed by atoms with Crippen LogP contribution in [0.3, 0.4) is 0 Å². The minimum Gasteiger partial charge on any atom is -0.488 e. The molecule has 0 heterocycles. The van der Waals surface area contributed by atoms with Gasteiger partial charge < -0.3 is 10.5 Å². The van der Waals surface area contributed by atoms with Gasteiger partial charge in [0, 0.05) is 6.54 Å². The molecule has 2 aromatic rings. The van der Waals surface area contributed by atoms with Crippen LogP contribution in [0, 0.1) is 6.92 Å². The molecule has 0 aliphatic rings. The van der Waals surface area contributed by atoms with Crippen LogP contribution >= 0.6 is 15.9 Å². The van der Waals surface area contributed by atoms with Gasteiger partial charge in [-0.15, -0.1) is 0 Å². The number of para-hydroxylation sites is 1. The SMILES string of the molecule is Cc1cc(CN)ccc1COc1ccccc1Br. The second-order valence-corrected chi connectivity index (χ2v) is 5.04. The molecular formula is C15H16BrNO. The molecule has 94 valence electrons. The van der Waals surface area contributed by atoms with Gasteiger partial charge in [-0.1, -0.05) is 30.3 Å². The Hall–Kier alpha value is -1.32. The summed E-state index contributed by atoms with van der Waals surface area (Å²) in [7, 11) is 0. The molecule has 0 amide bonds. The Bertz CT molecular complexity index is 540. The first-order valence-electron chi connectivity index (χ1n) is 5.86. The quantitative estimate of drug-likeness (QED) is 0.932. The summed E-state index contributed by atoms with van der Waals surface area (Å²) in [6.45, 7) is 3.23. The van der Waals surface area contributed by atoms with E-state index in [1.54, 1.807) is 0 Å². The van der Waals surface area contributed by atoms with Crippen LogP contribution in [0.25, 0.3) is 0 Å². The highest BCUT2D eigenvalue weighted by Gasteiger charge is 2.03. The van der Waals surface area contributed by atoms with Crippen molar-refractivity contribution in [3.63, 3.8) is 0 Å². The molecular weight excluding hydrogens is 290 g/mol. The molecule has 2 nitrogen and oxygen atoms in total. The van der Waals surface area contributed by atoms with E-state index in [-0.39, 0.29) is 0 Å². The minimum absolute atomic E-state index is 0.569. The Kier molecular flexibility index (Phi) is 4.39. The molecule has 0 aliphatic carbocycles. The van der Waals surface area contributed by atoms with Crippen molar-refractivity contribution in [2.75, 3.05) is 0 Å². The molecule has 2 N–H and O–H groups in total. The maximum Gasteiger partial charge on any atom is 0.133 e. The number of rotatable bonds is 4. The van der Waals surface area contributed by atoms with Gasteiger partial charge in [-0.3, -0.25) is 0 Å². The summed E-state index contributed by atoms with van der Waals surface area (Å²) < 4.78 is 6.77. The number of nitrogens with two attached hydrogens (primary N) is 1. The van der Waals surface area contributed by atoms with Crippen molar-refractivity contribution >= 4 is 15.9 Å². The third-order valence-electron chi connectivity index (χ3n) is 2.86. The van der Waals surface area contributed by atoms with Crippen LogP contribution in [0.1, 0.15) is 16.7 Å². The Morgan fingerprint density at radius 3 is 2.61 bits per heavy atom. The monoisotopic (exact) mass is 305 g/mol. The highest BCUT2D eigenvalue weighted by Crippen LogP contribution is 2.25. The summed E-state index contributed by atoms with van der Waals surface area (Å²) in [6.07, 6.45) is 0. The average molecular weight is 306 g/mol. The fourth-order valence-electron chi connectivity index (χ4n) is 1.76. The van der Waals surface area contributed by atoms with Gasteiger partial charge in [-0.25, -0.2) is 0 Å². The van der Waals surface area contributed by atoms with Crippen LogP contribution in [0.4, 0.5) is 0 Å². The molecule has 0 bridgehead atoms. The Morgan fingerprint density at radius 1 is 1.17 bits per heavy atom. The first-order valence-corrected chi connectivity index (χ1v) is 6.66. The largest absolute Gasteiger partial charge is 0.488 e. The van der Waals surface area contributed by atoms with Crippen molar-refractivity contribution in [3.8, 4) is 5.75 Å². The van der Waals surface area contributed by atoms with E-state index in [1.807, 2.05) is 30.3 Å². The van der Waals surface area contributed by atoms with Crippen LogP contribution < -0.4 is 10.5 Å². The minimum atomic E-state index is 0.569. The van der Waals surface area contributed by atoms with Gasteiger partial charge in [0.25, 0.3) is 0 Å². The number of benzene rings is 2. The lowest BCUT2D eigenvalue weighted by atomic mass is 10.1. The third-order valence-corrected chi connectivity index (χ3v) is 3.52. The van der Waals surface area contributed by atoms with E-state index in [1.165, 1.54) is 11.1 Å². The van der Waals surface area contributed by atoms with Gasteiger partial charge in [0.05, 0.1) is 4.47 Å². The highest BCUT2D eigenvalue weighted by atomic mass is 79.9. The number of hydrogen-bond acceptors (Lipinski definition) is 2. The second kappa shape index (κ2) is 6.03. The molecule has 0 saturated carbocycles. The van der Waals surface area contributed by atoms with E-state index in [4.69, 9.17) is 10.5 Å². The maximum atomic E-state index is 5.80. The Morgan fingerprint density at radius 2 is 1.94 bits per heavy atom. The molecule has 0 radical (unpaired) electrons. The number of hydrogen-bond donors (Lipinski definition) is 1. The molecule has 2 aromatic carbocycles. The second-order valence-electron chi connectivity index (χ2n) is 4.18. The zero-order valence-electron chi connectivity index (χ0n) is 10.3. The van der Waals surface area contributed by atoms with Crippen LogP contribution in [-0.4, -0.2) is 0 Å². The van der Waals surface area contributed by atoms with E-state index in [9.17, 15) is 0 Å². The fraction of sp³-hybridized carbons (Fsp3) is 0.200. The summed E-state index contributed by atoms with van der Waals surface area (Å²) in [4.78, 5) is 0. The van der Waals surface area contributed by atoms with Crippen LogP contribution in [0.2, 0.25) is 0 Å². The van der Waals surface area contributed by atoms with Crippen molar-refractivity contribution in [2.24, 2.45) is 5.73 Å². The third kappa shape index (κ3) is 3.12. The number of ether oxygens (including phenoxy) is 1. The van der Waals surface area contributed by atoms with E-state index in [2.05, 4.69) is 35.0 Å². The van der Waals surface area contributed by atoms with Crippen molar-refractivity contribution < 1.29 is 4.74 Å². The molecule has 0 saturated heterocycles. The lowest BCUT2D eigenvalue weighted by Gasteiger charge is -2.11. The topological polar surface area (TPSA) is 35.2 Å². The predicted octanol–water partition coefficient (Wildman–Crippen LogP) is 3.80. The molecule has 3 heteroatoms. The van der Waals surface area contributed by atoms with E-state index < -0.39 is 0 Å². The highest BCUT2D eigenvalue weighted by molar-refractivity contribution is 9.10. The number of aryl methyl sites for hydroxylation is 1. The van der Waals surface area contributed by atoms with E-state index in [0.29, 0.717) is 13.2 Å². The van der Waals surface area contributed by atoms with Crippen LogP contribution in [0.5, 0.6) is 5.75 Å². The lowest BCUT2D eigenvalue weighted by molar-refractivity contribution is 0.303. The molecule has 0 spiro atoms. The maximum absolute atomic E-state index is 5.80. The van der Waals surface area contributed by atoms with Gasteiger partial charge in [-0.05, 0) is 51.7 Å². The molecule has 2 rings (SSSR count). The zero-order valence-corrected chi connectivity index (χ0v) is 11.9. The summed E-state index contributed by atoms with van der Waals surface area (Å²) >= 11 is 3.47. The van der Waals surface area contributed by atoms with E-state index in [0.717, 1.165) is 15.8 Å². The normalized spacial score (nSPS) is 10.4. The number of halogens is 1. The standard InChI is InChI=1S/C15H16BrNO/c1-11-8-12(9-17)6-7-13(11)10-18-15-5-3-2-4-14(15)16/h2-8H,9-10,17H2,1H3. The first-order chi connectivity index (χ1) is 8.70. The average Bonchev–Trinajstić information content (AvgIpc) is 2.39. The summed E-state index contributed by atoms with van der Waals surface area (Å²) in [5, 5.41) is 0. The van der Waals surface area contributed by atoms with Crippen molar-refractivity contribution in [1.29, 1.82) is 0 Å². The summed E-state index contributed by atoms with van der Waals surface area (Å²) in [6, 6.07) is 14.1. The molecule has 0 fully saturated rings. The first kappa shape index (κ1) is 13.1.